The van der Waals surface area contributed by atoms with Crippen LogP contribution in [0.2, 0.25) is 20.1 Å². The Balaban J connectivity index is 2.68. The lowest BCUT2D eigenvalue weighted by molar-refractivity contribution is 1.07. The minimum absolute atomic E-state index is 0.268. The SMILES string of the molecule is NCc1c(Cl)ccc(-c2cc(Cl)ccc2Cl)c1Cl. The molecular formula is C13H9Cl4N. The predicted octanol–water partition coefficient (Wildman–Crippen LogP) is 5.43. The quantitative estimate of drug-likeness (QED) is 0.784. The third-order valence-corrected chi connectivity index (χ3v) is 3.96. The average Bonchev–Trinajstić information content (AvgIpc) is 2.34. The van der Waals surface area contributed by atoms with Crippen LogP contribution in [0.25, 0.3) is 11.1 Å². The van der Waals surface area contributed by atoms with Crippen molar-refractivity contribution in [3.8, 4) is 11.1 Å². The summed E-state index contributed by atoms with van der Waals surface area (Å²) in [4.78, 5) is 0. The van der Waals surface area contributed by atoms with E-state index in [1.165, 1.54) is 0 Å². The molecule has 2 aromatic carbocycles. The molecule has 0 fully saturated rings. The fourth-order valence-corrected chi connectivity index (χ4v) is 2.71. The van der Waals surface area contributed by atoms with Gasteiger partial charge in [0, 0.05) is 38.3 Å². The minimum atomic E-state index is 0.268. The van der Waals surface area contributed by atoms with Crippen molar-refractivity contribution in [2.24, 2.45) is 5.73 Å². The highest BCUT2D eigenvalue weighted by Gasteiger charge is 2.13. The van der Waals surface area contributed by atoms with Crippen LogP contribution in [0.3, 0.4) is 0 Å². The third kappa shape index (κ3) is 2.61. The molecule has 0 saturated heterocycles. The smallest absolute Gasteiger partial charge is 0.0544 e. The van der Waals surface area contributed by atoms with Gasteiger partial charge in [0.2, 0.25) is 0 Å². The first-order valence-electron chi connectivity index (χ1n) is 5.17. The molecule has 0 aromatic heterocycles. The molecule has 5 heteroatoms. The van der Waals surface area contributed by atoms with E-state index >= 15 is 0 Å². The summed E-state index contributed by atoms with van der Waals surface area (Å²) in [5.74, 6) is 0. The normalized spacial score (nSPS) is 10.7. The molecule has 0 aliphatic heterocycles. The van der Waals surface area contributed by atoms with Crippen LogP contribution in [-0.4, -0.2) is 0 Å². The second kappa shape index (κ2) is 5.68. The van der Waals surface area contributed by atoms with Gasteiger partial charge in [-0.25, -0.2) is 0 Å². The van der Waals surface area contributed by atoms with Crippen LogP contribution < -0.4 is 5.73 Å². The number of hydrogen-bond donors (Lipinski definition) is 1. The molecule has 0 radical (unpaired) electrons. The van der Waals surface area contributed by atoms with E-state index in [1.807, 2.05) is 0 Å². The van der Waals surface area contributed by atoms with Crippen molar-refractivity contribution in [2.75, 3.05) is 0 Å². The van der Waals surface area contributed by atoms with Crippen molar-refractivity contribution in [3.63, 3.8) is 0 Å². The van der Waals surface area contributed by atoms with E-state index in [-0.39, 0.29) is 6.54 Å². The number of rotatable bonds is 2. The lowest BCUT2D eigenvalue weighted by Gasteiger charge is -2.12. The molecule has 0 aliphatic rings. The zero-order valence-corrected chi connectivity index (χ0v) is 12.2. The van der Waals surface area contributed by atoms with Crippen LogP contribution in [-0.2, 0) is 6.54 Å². The molecule has 0 spiro atoms. The second-order valence-corrected chi connectivity index (χ2v) is 5.34. The summed E-state index contributed by atoms with van der Waals surface area (Å²) in [5, 5.41) is 2.22. The summed E-state index contributed by atoms with van der Waals surface area (Å²) in [6.07, 6.45) is 0. The Morgan fingerprint density at radius 2 is 1.50 bits per heavy atom. The fourth-order valence-electron chi connectivity index (χ4n) is 1.70. The van der Waals surface area contributed by atoms with Crippen molar-refractivity contribution in [2.45, 2.75) is 6.54 Å². The van der Waals surface area contributed by atoms with E-state index in [0.29, 0.717) is 25.7 Å². The molecule has 0 saturated carbocycles. The number of hydrogen-bond acceptors (Lipinski definition) is 1. The minimum Gasteiger partial charge on any atom is -0.326 e. The molecule has 2 aromatic rings. The largest absolute Gasteiger partial charge is 0.326 e. The Morgan fingerprint density at radius 1 is 0.833 bits per heavy atom. The zero-order chi connectivity index (χ0) is 13.3. The molecule has 0 aliphatic carbocycles. The molecular weight excluding hydrogens is 312 g/mol. The van der Waals surface area contributed by atoms with Crippen LogP contribution in [0.5, 0.6) is 0 Å². The van der Waals surface area contributed by atoms with Crippen molar-refractivity contribution in [3.05, 3.63) is 56.0 Å². The van der Waals surface area contributed by atoms with Crippen LogP contribution in [0.15, 0.2) is 30.3 Å². The number of halogens is 4. The highest BCUT2D eigenvalue weighted by Crippen LogP contribution is 2.38. The average molecular weight is 321 g/mol. The summed E-state index contributed by atoms with van der Waals surface area (Å²) in [5.41, 5.74) is 7.88. The Kier molecular flexibility index (Phi) is 4.41. The third-order valence-electron chi connectivity index (χ3n) is 2.61. The summed E-state index contributed by atoms with van der Waals surface area (Å²) in [7, 11) is 0. The van der Waals surface area contributed by atoms with Crippen molar-refractivity contribution < 1.29 is 0 Å². The highest BCUT2D eigenvalue weighted by molar-refractivity contribution is 6.39. The molecule has 0 unspecified atom stereocenters. The molecule has 0 bridgehead atoms. The molecule has 18 heavy (non-hydrogen) atoms. The standard InChI is InChI=1S/C13H9Cl4N/c14-7-1-3-11(15)9(5-7)8-2-4-12(16)10(6-18)13(8)17/h1-5H,6,18H2. The second-order valence-electron chi connectivity index (χ2n) is 3.72. The van der Waals surface area contributed by atoms with Crippen LogP contribution >= 0.6 is 46.4 Å². The molecule has 94 valence electrons. The van der Waals surface area contributed by atoms with Crippen LogP contribution in [0.4, 0.5) is 0 Å². The molecule has 2 N–H and O–H groups in total. The van der Waals surface area contributed by atoms with Crippen LogP contribution in [0.1, 0.15) is 5.56 Å². The maximum atomic E-state index is 6.31. The lowest BCUT2D eigenvalue weighted by Crippen LogP contribution is -1.99. The fraction of sp³-hybridized carbons (Fsp3) is 0.0769. The number of nitrogens with two attached hydrogens (primary N) is 1. The first kappa shape index (κ1) is 14.0. The van der Waals surface area contributed by atoms with Gasteiger partial charge in [-0.05, 0) is 24.3 Å². The van der Waals surface area contributed by atoms with E-state index in [2.05, 4.69) is 0 Å². The van der Waals surface area contributed by atoms with E-state index in [1.54, 1.807) is 30.3 Å². The van der Waals surface area contributed by atoms with Gasteiger partial charge in [0.1, 0.15) is 0 Å². The van der Waals surface area contributed by atoms with Gasteiger partial charge in [-0.15, -0.1) is 0 Å². The van der Waals surface area contributed by atoms with Gasteiger partial charge in [-0.1, -0.05) is 52.5 Å². The van der Waals surface area contributed by atoms with Gasteiger partial charge >= 0.3 is 0 Å². The highest BCUT2D eigenvalue weighted by atomic mass is 35.5. The Hall–Kier alpha value is -0.440. The number of benzene rings is 2. The molecule has 2 rings (SSSR count). The Bertz CT molecular complexity index is 596. The Labute approximate surface area is 125 Å². The van der Waals surface area contributed by atoms with E-state index in [9.17, 15) is 0 Å². The monoisotopic (exact) mass is 319 g/mol. The van der Waals surface area contributed by atoms with Crippen molar-refractivity contribution in [1.82, 2.24) is 0 Å². The van der Waals surface area contributed by atoms with Gasteiger partial charge in [0.15, 0.2) is 0 Å². The van der Waals surface area contributed by atoms with E-state index in [4.69, 9.17) is 52.1 Å². The van der Waals surface area contributed by atoms with Gasteiger partial charge in [-0.2, -0.15) is 0 Å². The van der Waals surface area contributed by atoms with E-state index < -0.39 is 0 Å². The van der Waals surface area contributed by atoms with E-state index in [0.717, 1.165) is 11.1 Å². The molecule has 0 atom stereocenters. The zero-order valence-electron chi connectivity index (χ0n) is 9.18. The van der Waals surface area contributed by atoms with Gasteiger partial charge < -0.3 is 5.73 Å². The van der Waals surface area contributed by atoms with Gasteiger partial charge in [0.05, 0.1) is 5.02 Å². The van der Waals surface area contributed by atoms with Crippen molar-refractivity contribution >= 4 is 46.4 Å². The topological polar surface area (TPSA) is 26.0 Å². The maximum Gasteiger partial charge on any atom is 0.0544 e. The lowest BCUT2D eigenvalue weighted by atomic mass is 10.0. The first-order valence-corrected chi connectivity index (χ1v) is 6.68. The van der Waals surface area contributed by atoms with Crippen molar-refractivity contribution in [1.29, 1.82) is 0 Å². The van der Waals surface area contributed by atoms with Gasteiger partial charge in [0.25, 0.3) is 0 Å². The molecule has 0 heterocycles. The molecule has 0 amide bonds. The summed E-state index contributed by atoms with van der Waals surface area (Å²) < 4.78 is 0. The maximum absolute atomic E-state index is 6.31. The van der Waals surface area contributed by atoms with Crippen LogP contribution in [0, 0.1) is 0 Å². The summed E-state index contributed by atoms with van der Waals surface area (Å²) >= 11 is 24.5. The first-order chi connectivity index (χ1) is 8.54. The Morgan fingerprint density at radius 3 is 2.17 bits per heavy atom. The van der Waals surface area contributed by atoms with Gasteiger partial charge in [-0.3, -0.25) is 0 Å². The summed E-state index contributed by atoms with van der Waals surface area (Å²) in [6, 6.07) is 8.77. The summed E-state index contributed by atoms with van der Waals surface area (Å²) in [6.45, 7) is 0.268. The predicted molar refractivity (Wildman–Crippen MR) is 79.8 cm³/mol. The molecule has 1 nitrogen and oxygen atoms in total.